The number of ether oxygens (including phenoxy) is 2. The molecule has 0 bridgehead atoms. The minimum Gasteiger partial charge on any atom is -0.466 e. The van der Waals surface area contributed by atoms with Crippen molar-refractivity contribution in [1.82, 2.24) is 0 Å². The first-order valence-corrected chi connectivity index (χ1v) is 4.88. The Hall–Kier alpha value is -0.830. The van der Waals surface area contributed by atoms with Crippen LogP contribution in [0.2, 0.25) is 0 Å². The Morgan fingerprint density at radius 2 is 2.14 bits per heavy atom. The van der Waals surface area contributed by atoms with Crippen molar-refractivity contribution in [3.63, 3.8) is 0 Å². The molecule has 0 amide bonds. The smallest absolute Gasteiger partial charge is 0.330 e. The van der Waals surface area contributed by atoms with Crippen LogP contribution in [0.4, 0.5) is 0 Å². The van der Waals surface area contributed by atoms with Crippen molar-refractivity contribution in [1.29, 1.82) is 0 Å². The van der Waals surface area contributed by atoms with E-state index in [9.17, 15) is 4.79 Å². The Morgan fingerprint density at radius 3 is 2.57 bits per heavy atom. The van der Waals surface area contributed by atoms with Gasteiger partial charge in [-0.3, -0.25) is 0 Å². The third kappa shape index (κ3) is 3.14. The second-order valence-electron chi connectivity index (χ2n) is 4.26. The molecule has 1 fully saturated rings. The van der Waals surface area contributed by atoms with Crippen LogP contribution < -0.4 is 0 Å². The van der Waals surface area contributed by atoms with E-state index in [1.54, 1.807) is 0 Å². The number of epoxide rings is 1. The number of esters is 1. The maximum absolute atomic E-state index is 10.9. The Balaban J connectivity index is 2.25. The molecular weight excluding hydrogens is 180 g/mol. The Kier molecular flexibility index (Phi) is 3.32. The van der Waals surface area contributed by atoms with Gasteiger partial charge in [-0.25, -0.2) is 4.79 Å². The number of methoxy groups -OCH3 is 1. The molecule has 0 aromatic carbocycles. The minimum atomic E-state index is -0.279. The van der Waals surface area contributed by atoms with Crippen molar-refractivity contribution in [2.45, 2.75) is 45.3 Å². The number of carbonyl (C=O) groups is 1. The van der Waals surface area contributed by atoms with E-state index in [-0.39, 0.29) is 11.6 Å². The molecular formula is C11H18O3. The van der Waals surface area contributed by atoms with Crippen LogP contribution in [-0.2, 0) is 14.3 Å². The van der Waals surface area contributed by atoms with Crippen molar-refractivity contribution < 1.29 is 14.3 Å². The molecule has 0 aromatic rings. The summed E-state index contributed by atoms with van der Waals surface area (Å²) in [5, 5.41) is 0. The third-order valence-corrected chi connectivity index (χ3v) is 2.53. The van der Waals surface area contributed by atoms with Crippen molar-refractivity contribution in [2.75, 3.05) is 7.11 Å². The van der Waals surface area contributed by atoms with Crippen LogP contribution in [0.1, 0.15) is 33.6 Å². The van der Waals surface area contributed by atoms with Crippen molar-refractivity contribution >= 4 is 5.97 Å². The van der Waals surface area contributed by atoms with E-state index in [1.165, 1.54) is 13.2 Å². The topological polar surface area (TPSA) is 38.8 Å². The molecule has 0 radical (unpaired) electrons. The average Bonchev–Trinajstić information content (AvgIpc) is 2.70. The van der Waals surface area contributed by atoms with Gasteiger partial charge in [-0.2, -0.15) is 0 Å². The first kappa shape index (κ1) is 11.2. The lowest BCUT2D eigenvalue weighted by Crippen LogP contribution is -2.03. The summed E-state index contributed by atoms with van der Waals surface area (Å²) >= 11 is 0. The van der Waals surface area contributed by atoms with Crippen LogP contribution in [0.5, 0.6) is 0 Å². The summed E-state index contributed by atoms with van der Waals surface area (Å²) in [6.45, 7) is 6.10. The van der Waals surface area contributed by atoms with Crippen LogP contribution in [0, 0.1) is 0 Å². The summed E-state index contributed by atoms with van der Waals surface area (Å²) < 4.78 is 9.98. The lowest BCUT2D eigenvalue weighted by atomic mass is 10.0. The first-order valence-electron chi connectivity index (χ1n) is 4.88. The highest BCUT2D eigenvalue weighted by Gasteiger charge is 2.46. The highest BCUT2D eigenvalue weighted by molar-refractivity contribution is 5.82. The minimum absolute atomic E-state index is 0.0472. The van der Waals surface area contributed by atoms with Gasteiger partial charge in [-0.15, -0.1) is 0 Å². The number of allylic oxidation sites excluding steroid dienone is 1. The normalized spacial score (nSPS) is 24.6. The lowest BCUT2D eigenvalue weighted by molar-refractivity contribution is -0.134. The van der Waals surface area contributed by atoms with Gasteiger partial charge < -0.3 is 9.47 Å². The second kappa shape index (κ2) is 4.13. The quantitative estimate of drug-likeness (QED) is 0.394. The predicted molar refractivity (Wildman–Crippen MR) is 54.0 cm³/mol. The van der Waals surface area contributed by atoms with Gasteiger partial charge in [0.05, 0.1) is 18.8 Å². The number of hydrogen-bond acceptors (Lipinski definition) is 3. The van der Waals surface area contributed by atoms with E-state index < -0.39 is 0 Å². The molecule has 14 heavy (non-hydrogen) atoms. The molecule has 0 aromatic heterocycles. The second-order valence-corrected chi connectivity index (χ2v) is 4.26. The van der Waals surface area contributed by atoms with E-state index >= 15 is 0 Å². The van der Waals surface area contributed by atoms with Crippen LogP contribution in [0.25, 0.3) is 0 Å². The standard InChI is InChI=1S/C11H18O3/c1-8(7-10(12)13-4)5-6-9-11(2,3)14-9/h7,9H,5-6H2,1-4H3/b8-7-/t9-/m1/s1. The summed E-state index contributed by atoms with van der Waals surface area (Å²) in [7, 11) is 1.39. The molecule has 1 saturated heterocycles. The monoisotopic (exact) mass is 198 g/mol. The van der Waals surface area contributed by atoms with Crippen molar-refractivity contribution in [3.05, 3.63) is 11.6 Å². The molecule has 1 aliphatic rings. The molecule has 1 rings (SSSR count). The molecule has 0 saturated carbocycles. The van der Waals surface area contributed by atoms with Crippen LogP contribution in [0.3, 0.4) is 0 Å². The molecule has 80 valence electrons. The van der Waals surface area contributed by atoms with Gasteiger partial charge >= 0.3 is 5.97 Å². The fraction of sp³-hybridized carbons (Fsp3) is 0.727. The third-order valence-electron chi connectivity index (χ3n) is 2.53. The molecule has 3 nitrogen and oxygen atoms in total. The number of carbonyl (C=O) groups excluding carboxylic acids is 1. The summed E-state index contributed by atoms with van der Waals surface area (Å²) in [6, 6.07) is 0. The fourth-order valence-corrected chi connectivity index (χ4v) is 1.43. The molecule has 0 spiro atoms. The molecule has 0 aliphatic carbocycles. The Labute approximate surface area is 85.1 Å². The zero-order valence-corrected chi connectivity index (χ0v) is 9.29. The summed E-state index contributed by atoms with van der Waals surface area (Å²) in [4.78, 5) is 10.9. The van der Waals surface area contributed by atoms with Gasteiger partial charge in [0.2, 0.25) is 0 Å². The summed E-state index contributed by atoms with van der Waals surface area (Å²) in [5.41, 5.74) is 1.09. The van der Waals surface area contributed by atoms with Gasteiger partial charge in [0.1, 0.15) is 0 Å². The highest BCUT2D eigenvalue weighted by Crippen LogP contribution is 2.38. The molecule has 1 heterocycles. The van der Waals surface area contributed by atoms with E-state index in [1.807, 2.05) is 6.92 Å². The lowest BCUT2D eigenvalue weighted by Gasteiger charge is -1.99. The molecule has 3 heteroatoms. The molecule has 0 N–H and O–H groups in total. The van der Waals surface area contributed by atoms with Gasteiger partial charge in [0.15, 0.2) is 0 Å². The van der Waals surface area contributed by atoms with E-state index in [0.717, 1.165) is 18.4 Å². The van der Waals surface area contributed by atoms with Crippen molar-refractivity contribution in [2.24, 2.45) is 0 Å². The van der Waals surface area contributed by atoms with Crippen LogP contribution in [0.15, 0.2) is 11.6 Å². The maximum Gasteiger partial charge on any atom is 0.330 e. The van der Waals surface area contributed by atoms with Gasteiger partial charge in [0.25, 0.3) is 0 Å². The fourth-order valence-electron chi connectivity index (χ4n) is 1.43. The van der Waals surface area contributed by atoms with Gasteiger partial charge in [-0.1, -0.05) is 5.57 Å². The van der Waals surface area contributed by atoms with E-state index in [0.29, 0.717) is 6.10 Å². The predicted octanol–water partition coefficient (Wildman–Crippen LogP) is 2.06. The number of hydrogen-bond donors (Lipinski definition) is 0. The van der Waals surface area contributed by atoms with E-state index in [2.05, 4.69) is 18.6 Å². The largest absolute Gasteiger partial charge is 0.466 e. The highest BCUT2D eigenvalue weighted by atomic mass is 16.6. The Morgan fingerprint density at radius 1 is 1.57 bits per heavy atom. The molecule has 0 unspecified atom stereocenters. The zero-order chi connectivity index (χ0) is 10.8. The summed E-state index contributed by atoms with van der Waals surface area (Å²) in [5.74, 6) is -0.279. The zero-order valence-electron chi connectivity index (χ0n) is 9.29. The Bertz CT molecular complexity index is 253. The van der Waals surface area contributed by atoms with E-state index in [4.69, 9.17) is 4.74 Å². The van der Waals surface area contributed by atoms with Gasteiger partial charge in [-0.05, 0) is 33.6 Å². The summed E-state index contributed by atoms with van der Waals surface area (Å²) in [6.07, 6.45) is 3.76. The first-order chi connectivity index (χ1) is 6.45. The number of rotatable bonds is 4. The molecule has 1 atom stereocenters. The SMILES string of the molecule is COC(=O)/C=C(/C)CC[C@H]1OC1(C)C. The van der Waals surface area contributed by atoms with Crippen LogP contribution >= 0.6 is 0 Å². The maximum atomic E-state index is 10.9. The van der Waals surface area contributed by atoms with Crippen molar-refractivity contribution in [3.8, 4) is 0 Å². The van der Waals surface area contributed by atoms with Gasteiger partial charge in [0, 0.05) is 6.08 Å². The average molecular weight is 198 g/mol. The van der Waals surface area contributed by atoms with Crippen LogP contribution in [-0.4, -0.2) is 24.8 Å². The molecule has 1 aliphatic heterocycles.